The highest BCUT2D eigenvalue weighted by Crippen LogP contribution is 2.28. The molecule has 0 aliphatic carbocycles. The molecule has 6 heteroatoms. The van der Waals surface area contributed by atoms with Crippen molar-refractivity contribution in [2.24, 2.45) is 0 Å². The second-order valence-corrected chi connectivity index (χ2v) is 8.09. The van der Waals surface area contributed by atoms with Crippen molar-refractivity contribution in [1.29, 1.82) is 0 Å². The summed E-state index contributed by atoms with van der Waals surface area (Å²) < 4.78 is 28.4. The van der Waals surface area contributed by atoms with Crippen LogP contribution in [-0.4, -0.2) is 33.3 Å². The van der Waals surface area contributed by atoms with E-state index in [2.05, 4.69) is 4.72 Å². The first-order valence-electron chi connectivity index (χ1n) is 7.96. The molecule has 1 N–H and O–H groups in total. The van der Waals surface area contributed by atoms with Gasteiger partial charge in [-0.1, -0.05) is 6.07 Å². The van der Waals surface area contributed by atoms with Gasteiger partial charge >= 0.3 is 0 Å². The van der Waals surface area contributed by atoms with Crippen LogP contribution in [0.2, 0.25) is 0 Å². The minimum Gasteiger partial charge on any atom is -0.345 e. The zero-order valence-electron chi connectivity index (χ0n) is 15.5. The Morgan fingerprint density at radius 2 is 1.40 bits per heavy atom. The van der Waals surface area contributed by atoms with Crippen molar-refractivity contribution in [1.82, 2.24) is 4.90 Å². The van der Waals surface area contributed by atoms with Crippen LogP contribution in [0.5, 0.6) is 0 Å². The normalized spacial score (nSPS) is 11.3. The second kappa shape index (κ2) is 6.88. The van der Waals surface area contributed by atoms with Crippen LogP contribution in [0.1, 0.15) is 32.6 Å². The summed E-state index contributed by atoms with van der Waals surface area (Å²) in [4.78, 5) is 13.7. The monoisotopic (exact) mass is 360 g/mol. The van der Waals surface area contributed by atoms with Crippen LogP contribution in [0, 0.1) is 27.7 Å². The molecule has 0 aliphatic heterocycles. The van der Waals surface area contributed by atoms with Crippen LogP contribution in [0.15, 0.2) is 35.2 Å². The number of nitrogens with one attached hydrogen (secondary N) is 1. The summed E-state index contributed by atoms with van der Waals surface area (Å²) in [5.41, 5.74) is 4.30. The Morgan fingerprint density at radius 3 is 1.84 bits per heavy atom. The van der Waals surface area contributed by atoms with E-state index < -0.39 is 10.0 Å². The highest BCUT2D eigenvalue weighted by Gasteiger charge is 2.22. The van der Waals surface area contributed by atoms with Crippen molar-refractivity contribution in [2.75, 3.05) is 18.8 Å². The van der Waals surface area contributed by atoms with Crippen molar-refractivity contribution >= 4 is 21.6 Å². The van der Waals surface area contributed by atoms with E-state index >= 15 is 0 Å². The molecule has 134 valence electrons. The number of hydrogen-bond donors (Lipinski definition) is 1. The lowest BCUT2D eigenvalue weighted by Gasteiger charge is -2.17. The van der Waals surface area contributed by atoms with E-state index in [1.807, 2.05) is 33.8 Å². The maximum atomic E-state index is 12.9. The van der Waals surface area contributed by atoms with Gasteiger partial charge in [0.15, 0.2) is 0 Å². The van der Waals surface area contributed by atoms with Gasteiger partial charge in [0.1, 0.15) is 0 Å². The molecule has 0 spiro atoms. The Kier molecular flexibility index (Phi) is 5.23. The molecule has 1 amide bonds. The van der Waals surface area contributed by atoms with Crippen LogP contribution in [0.25, 0.3) is 0 Å². The lowest BCUT2D eigenvalue weighted by molar-refractivity contribution is 0.0827. The molecule has 2 aromatic rings. The third kappa shape index (κ3) is 3.85. The first-order valence-corrected chi connectivity index (χ1v) is 9.45. The zero-order valence-corrected chi connectivity index (χ0v) is 16.3. The van der Waals surface area contributed by atoms with Crippen molar-refractivity contribution < 1.29 is 13.2 Å². The number of carbonyl (C=O) groups excluding carboxylic acids is 1. The first-order chi connectivity index (χ1) is 11.5. The summed E-state index contributed by atoms with van der Waals surface area (Å²) in [6.45, 7) is 7.44. The van der Waals surface area contributed by atoms with Gasteiger partial charge < -0.3 is 4.90 Å². The van der Waals surface area contributed by atoms with E-state index in [9.17, 15) is 13.2 Å². The van der Waals surface area contributed by atoms with Gasteiger partial charge in [-0.05, 0) is 74.2 Å². The van der Waals surface area contributed by atoms with Crippen LogP contribution in [-0.2, 0) is 10.0 Å². The maximum absolute atomic E-state index is 12.9. The minimum atomic E-state index is -3.71. The van der Waals surface area contributed by atoms with Crippen LogP contribution >= 0.6 is 0 Å². The van der Waals surface area contributed by atoms with Crippen LogP contribution in [0.4, 0.5) is 5.69 Å². The number of benzene rings is 2. The van der Waals surface area contributed by atoms with Crippen molar-refractivity contribution in [3.8, 4) is 0 Å². The number of nitrogens with zero attached hydrogens (tertiary/aromatic N) is 1. The fourth-order valence-corrected chi connectivity index (χ4v) is 4.41. The van der Waals surface area contributed by atoms with E-state index in [0.717, 1.165) is 22.3 Å². The topological polar surface area (TPSA) is 66.5 Å². The average molecular weight is 360 g/mol. The second-order valence-electron chi connectivity index (χ2n) is 6.47. The molecule has 2 rings (SSSR count). The van der Waals surface area contributed by atoms with Gasteiger partial charge in [-0.25, -0.2) is 8.42 Å². The van der Waals surface area contributed by atoms with E-state index in [1.165, 1.54) is 4.90 Å². The number of carbonyl (C=O) groups is 1. The lowest BCUT2D eigenvalue weighted by Crippen LogP contribution is -2.21. The zero-order chi connectivity index (χ0) is 18.9. The van der Waals surface area contributed by atoms with Gasteiger partial charge in [-0.2, -0.15) is 0 Å². The number of rotatable bonds is 4. The van der Waals surface area contributed by atoms with Crippen LogP contribution < -0.4 is 4.72 Å². The SMILES string of the molecule is Cc1cc(C)c(C)c(S(=O)(=O)Nc2ccc(C(=O)N(C)C)cc2)c1C. The fourth-order valence-electron chi connectivity index (χ4n) is 2.73. The van der Waals surface area contributed by atoms with E-state index in [-0.39, 0.29) is 5.91 Å². The smallest absolute Gasteiger partial charge is 0.262 e. The molecule has 0 bridgehead atoms. The van der Waals surface area contributed by atoms with Gasteiger partial charge in [0, 0.05) is 25.3 Å². The maximum Gasteiger partial charge on any atom is 0.262 e. The Labute approximate surface area is 149 Å². The molecule has 0 aliphatic rings. The fraction of sp³-hybridized carbons (Fsp3) is 0.316. The largest absolute Gasteiger partial charge is 0.345 e. The quantitative estimate of drug-likeness (QED) is 0.908. The molecule has 0 atom stereocenters. The number of aryl methyl sites for hydroxylation is 2. The predicted molar refractivity (Wildman–Crippen MR) is 101 cm³/mol. The van der Waals surface area contributed by atoms with Gasteiger partial charge in [0.2, 0.25) is 0 Å². The number of anilines is 1. The first kappa shape index (κ1) is 19.0. The summed E-state index contributed by atoms with van der Waals surface area (Å²) in [5.74, 6) is -0.129. The average Bonchev–Trinajstić information content (AvgIpc) is 2.52. The highest BCUT2D eigenvalue weighted by molar-refractivity contribution is 7.92. The number of amides is 1. The molecule has 0 saturated carbocycles. The van der Waals surface area contributed by atoms with E-state index in [1.54, 1.807) is 38.4 Å². The molecule has 2 aromatic carbocycles. The summed E-state index contributed by atoms with van der Waals surface area (Å²) in [7, 11) is -0.372. The molecule has 0 fully saturated rings. The van der Waals surface area contributed by atoms with Gasteiger partial charge in [-0.15, -0.1) is 0 Å². The van der Waals surface area contributed by atoms with Gasteiger partial charge in [0.05, 0.1) is 4.90 Å². The Morgan fingerprint density at radius 1 is 0.920 bits per heavy atom. The molecular weight excluding hydrogens is 336 g/mol. The van der Waals surface area contributed by atoms with Gasteiger partial charge in [0.25, 0.3) is 15.9 Å². The molecule has 0 radical (unpaired) electrons. The van der Waals surface area contributed by atoms with E-state index in [0.29, 0.717) is 16.1 Å². The third-order valence-electron chi connectivity index (χ3n) is 4.36. The Hall–Kier alpha value is -2.34. The van der Waals surface area contributed by atoms with Crippen molar-refractivity contribution in [2.45, 2.75) is 32.6 Å². The van der Waals surface area contributed by atoms with E-state index in [4.69, 9.17) is 0 Å². The lowest BCUT2D eigenvalue weighted by atomic mass is 10.0. The van der Waals surface area contributed by atoms with Gasteiger partial charge in [-0.3, -0.25) is 9.52 Å². The Balaban J connectivity index is 2.39. The third-order valence-corrected chi connectivity index (χ3v) is 6.01. The molecule has 0 aromatic heterocycles. The molecule has 0 saturated heterocycles. The summed E-state index contributed by atoms with van der Waals surface area (Å²) in [6, 6.07) is 8.41. The molecular formula is C19H24N2O3S. The number of sulfonamides is 1. The predicted octanol–water partition coefficient (Wildman–Crippen LogP) is 3.42. The molecule has 5 nitrogen and oxygen atoms in total. The summed E-state index contributed by atoms with van der Waals surface area (Å²) in [6.07, 6.45) is 0. The van der Waals surface area contributed by atoms with Crippen molar-refractivity contribution in [3.63, 3.8) is 0 Å². The van der Waals surface area contributed by atoms with Crippen molar-refractivity contribution in [3.05, 3.63) is 58.1 Å². The Bertz CT molecular complexity index is 888. The minimum absolute atomic E-state index is 0.129. The standard InChI is InChI=1S/C19H24N2O3S/c1-12-11-13(2)15(4)18(14(12)3)25(23,24)20-17-9-7-16(8-10-17)19(22)21(5)6/h7-11,20H,1-6H3. The summed E-state index contributed by atoms with van der Waals surface area (Å²) >= 11 is 0. The highest BCUT2D eigenvalue weighted by atomic mass is 32.2. The molecule has 25 heavy (non-hydrogen) atoms. The summed E-state index contributed by atoms with van der Waals surface area (Å²) in [5, 5.41) is 0. The molecule has 0 heterocycles. The van der Waals surface area contributed by atoms with Crippen LogP contribution in [0.3, 0.4) is 0 Å². The number of hydrogen-bond acceptors (Lipinski definition) is 3. The molecule has 0 unspecified atom stereocenters.